The number of carboxylic acids is 1. The number of carboxylic acid groups (broad SMARTS) is 1. The van der Waals surface area contributed by atoms with E-state index in [2.05, 4.69) is 38.5 Å². The standard InChI is InChI=1S/C32H40Cl2N6O4/c1-32(2,21-41)20-39-7-9-40(10-8-39)31-35-17-27(18-36-31)44-29-12-23(19-38-5-3-22(4-6-38)13-30(42)43)11-28(37-29)24-14-25(33)16-26(34)15-24/h11-12,14-18,22,41H,3-10,13,19-21H2,1-2H3,(H,42,43). The van der Waals surface area contributed by atoms with Gasteiger partial charge in [-0.2, -0.15) is 0 Å². The summed E-state index contributed by atoms with van der Waals surface area (Å²) in [6, 6.07) is 9.26. The van der Waals surface area contributed by atoms with Crippen molar-refractivity contribution < 1.29 is 19.7 Å². The summed E-state index contributed by atoms with van der Waals surface area (Å²) < 4.78 is 6.18. The largest absolute Gasteiger partial charge is 0.481 e. The predicted octanol–water partition coefficient (Wildman–Crippen LogP) is 5.46. The molecule has 2 N–H and O–H groups in total. The van der Waals surface area contributed by atoms with E-state index in [9.17, 15) is 9.90 Å². The molecule has 0 bridgehead atoms. The topological polar surface area (TPSA) is 115 Å². The Labute approximate surface area is 268 Å². The number of pyridine rings is 1. The van der Waals surface area contributed by atoms with Crippen LogP contribution < -0.4 is 9.64 Å². The Balaban J connectivity index is 1.28. The van der Waals surface area contributed by atoms with Crippen molar-refractivity contribution in [3.05, 3.63) is 58.3 Å². The summed E-state index contributed by atoms with van der Waals surface area (Å²) in [6.45, 7) is 10.9. The van der Waals surface area contributed by atoms with Crippen molar-refractivity contribution in [1.82, 2.24) is 24.8 Å². The minimum Gasteiger partial charge on any atom is -0.481 e. The van der Waals surface area contributed by atoms with Crippen LogP contribution in [-0.4, -0.2) is 93.4 Å². The van der Waals surface area contributed by atoms with E-state index in [-0.39, 0.29) is 24.4 Å². The maximum atomic E-state index is 11.1. The Bertz CT molecular complexity index is 1400. The van der Waals surface area contributed by atoms with Crippen LogP contribution in [0.4, 0.5) is 5.95 Å². The number of aromatic nitrogens is 3. The molecule has 3 aromatic rings. The number of rotatable bonds is 11. The molecule has 10 nitrogen and oxygen atoms in total. The van der Waals surface area contributed by atoms with E-state index in [0.717, 1.165) is 69.8 Å². The van der Waals surface area contributed by atoms with Gasteiger partial charge in [0, 0.05) is 79.4 Å². The van der Waals surface area contributed by atoms with Crippen molar-refractivity contribution >= 4 is 35.1 Å². The number of piperazine rings is 1. The fourth-order valence-electron chi connectivity index (χ4n) is 5.81. The van der Waals surface area contributed by atoms with E-state index in [1.807, 2.05) is 24.3 Å². The number of carbonyl (C=O) groups is 1. The summed E-state index contributed by atoms with van der Waals surface area (Å²) in [5, 5.41) is 19.8. The molecule has 5 rings (SSSR count). The molecule has 0 spiro atoms. The van der Waals surface area contributed by atoms with Crippen LogP contribution in [0.15, 0.2) is 42.7 Å². The highest BCUT2D eigenvalue weighted by Crippen LogP contribution is 2.31. The summed E-state index contributed by atoms with van der Waals surface area (Å²) in [6.07, 6.45) is 5.27. The second-order valence-electron chi connectivity index (χ2n) is 12.6. The van der Waals surface area contributed by atoms with Gasteiger partial charge in [0.15, 0.2) is 5.75 Å². The molecule has 0 amide bonds. The Kier molecular flexibility index (Phi) is 10.6. The molecule has 44 heavy (non-hydrogen) atoms. The lowest BCUT2D eigenvalue weighted by Crippen LogP contribution is -2.50. The smallest absolute Gasteiger partial charge is 0.303 e. The Morgan fingerprint density at radius 1 is 0.955 bits per heavy atom. The first kappa shape index (κ1) is 32.4. The fourth-order valence-corrected chi connectivity index (χ4v) is 6.34. The van der Waals surface area contributed by atoms with Gasteiger partial charge in [0.05, 0.1) is 18.1 Å². The fraction of sp³-hybridized carbons (Fsp3) is 0.500. The third-order valence-electron chi connectivity index (χ3n) is 8.17. The van der Waals surface area contributed by atoms with Crippen molar-refractivity contribution in [2.24, 2.45) is 11.3 Å². The summed E-state index contributed by atoms with van der Waals surface area (Å²) >= 11 is 12.6. The number of anilines is 1. The van der Waals surface area contributed by atoms with E-state index < -0.39 is 5.97 Å². The van der Waals surface area contributed by atoms with Crippen LogP contribution in [0.2, 0.25) is 10.0 Å². The molecule has 0 aliphatic carbocycles. The highest BCUT2D eigenvalue weighted by molar-refractivity contribution is 6.35. The van der Waals surface area contributed by atoms with Crippen molar-refractivity contribution in [2.75, 3.05) is 57.3 Å². The van der Waals surface area contributed by atoms with Gasteiger partial charge in [0.25, 0.3) is 0 Å². The number of aliphatic hydroxyl groups excluding tert-OH is 1. The van der Waals surface area contributed by atoms with Gasteiger partial charge in [-0.15, -0.1) is 0 Å². The summed E-state index contributed by atoms with van der Waals surface area (Å²) in [5.74, 6) is 1.02. The van der Waals surface area contributed by atoms with Gasteiger partial charge in [-0.3, -0.25) is 14.6 Å². The van der Waals surface area contributed by atoms with Gasteiger partial charge in [0.2, 0.25) is 11.8 Å². The Hall–Kier alpha value is -3.02. The second-order valence-corrected chi connectivity index (χ2v) is 13.5. The molecule has 236 valence electrons. The molecule has 2 saturated heterocycles. The lowest BCUT2D eigenvalue weighted by atomic mass is 9.93. The van der Waals surface area contributed by atoms with Gasteiger partial charge >= 0.3 is 5.97 Å². The zero-order chi connectivity index (χ0) is 31.3. The highest BCUT2D eigenvalue weighted by Gasteiger charge is 2.25. The van der Waals surface area contributed by atoms with Crippen molar-refractivity contribution in [1.29, 1.82) is 0 Å². The molecular weight excluding hydrogens is 603 g/mol. The monoisotopic (exact) mass is 642 g/mol. The van der Waals surface area contributed by atoms with E-state index in [1.54, 1.807) is 18.5 Å². The zero-order valence-corrected chi connectivity index (χ0v) is 26.8. The molecule has 2 aliphatic rings. The first-order valence-corrected chi connectivity index (χ1v) is 15.8. The number of ether oxygens (including phenoxy) is 1. The van der Waals surface area contributed by atoms with Crippen LogP contribution in [0.1, 0.15) is 38.7 Å². The highest BCUT2D eigenvalue weighted by atomic mass is 35.5. The lowest BCUT2D eigenvalue weighted by Gasteiger charge is -2.38. The molecule has 2 aliphatic heterocycles. The van der Waals surface area contributed by atoms with Crippen molar-refractivity contribution in [3.8, 4) is 22.9 Å². The second kappa shape index (κ2) is 14.4. The third-order valence-corrected chi connectivity index (χ3v) is 8.60. The van der Waals surface area contributed by atoms with Crippen molar-refractivity contribution in [2.45, 2.75) is 39.7 Å². The zero-order valence-electron chi connectivity index (χ0n) is 25.3. The number of piperidine rings is 1. The van der Waals surface area contributed by atoms with Gasteiger partial charge in [-0.05, 0) is 61.7 Å². The maximum Gasteiger partial charge on any atom is 0.303 e. The summed E-state index contributed by atoms with van der Waals surface area (Å²) in [4.78, 5) is 31.9. The number of aliphatic hydroxyl groups is 1. The Morgan fingerprint density at radius 2 is 1.61 bits per heavy atom. The van der Waals surface area contributed by atoms with Crippen LogP contribution in [-0.2, 0) is 11.3 Å². The van der Waals surface area contributed by atoms with Gasteiger partial charge < -0.3 is 19.8 Å². The third kappa shape index (κ3) is 9.01. The molecule has 0 unspecified atom stereocenters. The minimum atomic E-state index is -0.734. The van der Waals surface area contributed by atoms with Gasteiger partial charge in [-0.25, -0.2) is 15.0 Å². The number of benzene rings is 1. The molecular formula is C32H40Cl2N6O4. The van der Waals surface area contributed by atoms with Crippen LogP contribution in [0.25, 0.3) is 11.3 Å². The molecule has 0 radical (unpaired) electrons. The molecule has 2 fully saturated rings. The number of halogens is 2. The molecule has 2 aromatic heterocycles. The number of hydrogen-bond donors (Lipinski definition) is 2. The summed E-state index contributed by atoms with van der Waals surface area (Å²) in [7, 11) is 0. The van der Waals surface area contributed by atoms with E-state index >= 15 is 0 Å². The van der Waals surface area contributed by atoms with Gasteiger partial charge in [-0.1, -0.05) is 37.0 Å². The first-order valence-electron chi connectivity index (χ1n) is 15.0. The molecule has 0 atom stereocenters. The van der Waals surface area contributed by atoms with Crippen LogP contribution in [0, 0.1) is 11.3 Å². The number of hydrogen-bond acceptors (Lipinski definition) is 9. The predicted molar refractivity (Wildman–Crippen MR) is 172 cm³/mol. The van der Waals surface area contributed by atoms with Crippen molar-refractivity contribution in [3.63, 3.8) is 0 Å². The summed E-state index contributed by atoms with van der Waals surface area (Å²) in [5.41, 5.74) is 2.35. The molecule has 4 heterocycles. The lowest BCUT2D eigenvalue weighted by molar-refractivity contribution is -0.138. The normalized spacial score (nSPS) is 17.2. The number of aliphatic carboxylic acids is 1. The minimum absolute atomic E-state index is 0.124. The van der Waals surface area contributed by atoms with Crippen LogP contribution in [0.5, 0.6) is 11.6 Å². The molecule has 1 aromatic carbocycles. The van der Waals surface area contributed by atoms with Crippen LogP contribution >= 0.6 is 23.2 Å². The molecule has 12 heteroatoms. The first-order chi connectivity index (χ1) is 21.0. The molecule has 0 saturated carbocycles. The van der Waals surface area contributed by atoms with E-state index in [1.165, 1.54) is 0 Å². The quantitative estimate of drug-likeness (QED) is 0.279. The average Bonchev–Trinajstić information content (AvgIpc) is 2.98. The van der Waals surface area contributed by atoms with E-state index in [0.29, 0.717) is 39.9 Å². The SMILES string of the molecule is CC(C)(CO)CN1CCN(c2ncc(Oc3cc(CN4CCC(CC(=O)O)CC4)cc(-c4cc(Cl)cc(Cl)c4)n3)cn2)CC1. The maximum absolute atomic E-state index is 11.1. The van der Waals surface area contributed by atoms with Gasteiger partial charge in [0.1, 0.15) is 0 Å². The number of nitrogens with zero attached hydrogens (tertiary/aromatic N) is 6. The average molecular weight is 644 g/mol. The van der Waals surface area contributed by atoms with E-state index in [4.69, 9.17) is 38.0 Å². The number of likely N-dealkylation sites (tertiary alicyclic amines) is 1. The van der Waals surface area contributed by atoms with Crippen LogP contribution in [0.3, 0.4) is 0 Å². The Morgan fingerprint density at radius 3 is 2.23 bits per heavy atom.